The number of rotatable bonds is 3. The van der Waals surface area contributed by atoms with Crippen LogP contribution in [0.4, 0.5) is 11.4 Å². The Labute approximate surface area is 159 Å². The first-order chi connectivity index (χ1) is 13.0. The number of thiocarbonyl (C=S) groups is 1. The second-order valence-corrected chi connectivity index (χ2v) is 6.22. The summed E-state index contributed by atoms with van der Waals surface area (Å²) >= 11 is 5.19. The third-order valence-corrected chi connectivity index (χ3v) is 4.29. The Hall–Kier alpha value is -3.53. The molecule has 27 heavy (non-hydrogen) atoms. The van der Waals surface area contributed by atoms with Crippen molar-refractivity contribution in [3.63, 3.8) is 0 Å². The molecule has 2 amide bonds. The molecule has 0 aliphatic carbocycles. The first-order valence-corrected chi connectivity index (χ1v) is 8.41. The molecule has 0 atom stereocenters. The molecule has 0 unspecified atom stereocenters. The molecule has 0 saturated carbocycles. The van der Waals surface area contributed by atoms with Crippen LogP contribution in [0.25, 0.3) is 6.08 Å². The van der Waals surface area contributed by atoms with Crippen LogP contribution in [0.2, 0.25) is 0 Å². The highest BCUT2D eigenvalue weighted by Crippen LogP contribution is 2.25. The van der Waals surface area contributed by atoms with E-state index in [1.165, 1.54) is 11.0 Å². The van der Waals surface area contributed by atoms with Gasteiger partial charge in [0.1, 0.15) is 17.1 Å². The summed E-state index contributed by atoms with van der Waals surface area (Å²) in [5.41, 5.74) is 4.04. The van der Waals surface area contributed by atoms with Crippen LogP contribution in [0.15, 0.2) is 56.7 Å². The zero-order valence-electron chi connectivity index (χ0n) is 14.2. The lowest BCUT2D eigenvalue weighted by molar-refractivity contribution is -0.122. The zero-order valence-corrected chi connectivity index (χ0v) is 15.0. The van der Waals surface area contributed by atoms with Gasteiger partial charge in [-0.1, -0.05) is 5.22 Å². The number of nitrogens with zero attached hydrogens (tertiary/aromatic N) is 4. The molecular weight excluding hydrogens is 368 g/mol. The molecule has 0 radical (unpaired) electrons. The van der Waals surface area contributed by atoms with Crippen molar-refractivity contribution in [2.75, 3.05) is 16.6 Å². The van der Waals surface area contributed by atoms with Gasteiger partial charge in [0.25, 0.3) is 11.8 Å². The molecule has 1 saturated heterocycles. The van der Waals surface area contributed by atoms with Crippen molar-refractivity contribution >= 4 is 46.6 Å². The minimum Gasteiger partial charge on any atom is -0.462 e. The summed E-state index contributed by atoms with van der Waals surface area (Å²) < 4.78 is 5.43. The van der Waals surface area contributed by atoms with E-state index in [2.05, 4.69) is 21.2 Å². The predicted molar refractivity (Wildman–Crippen MR) is 101 cm³/mol. The number of aryl methyl sites for hydroxylation is 1. The van der Waals surface area contributed by atoms with E-state index in [9.17, 15) is 9.59 Å². The number of hydrogen-bond donors (Lipinski definition) is 2. The van der Waals surface area contributed by atoms with Crippen molar-refractivity contribution in [2.24, 2.45) is 10.3 Å². The fourth-order valence-corrected chi connectivity index (χ4v) is 2.98. The molecule has 136 valence electrons. The van der Waals surface area contributed by atoms with E-state index >= 15 is 0 Å². The van der Waals surface area contributed by atoms with E-state index in [0.717, 1.165) is 5.69 Å². The van der Waals surface area contributed by atoms with Crippen LogP contribution in [-0.4, -0.2) is 23.6 Å². The average Bonchev–Trinajstić information content (AvgIpc) is 3.31. The maximum absolute atomic E-state index is 12.9. The van der Waals surface area contributed by atoms with Crippen LogP contribution in [0.1, 0.15) is 11.5 Å². The second kappa shape index (κ2) is 6.65. The maximum Gasteiger partial charge on any atom is 0.270 e. The van der Waals surface area contributed by atoms with Gasteiger partial charge in [-0.3, -0.25) is 19.8 Å². The lowest BCUT2D eigenvalue weighted by Crippen LogP contribution is -2.54. The summed E-state index contributed by atoms with van der Waals surface area (Å²) in [7, 11) is 0. The topological polar surface area (TPSA) is 103 Å². The standard InChI is InChI=1S/C17H14N6O3S/c1-10-2-7-13(26-10)8-14-15(24)19-17(27)23(16(14)25)12-5-3-11(4-6-12)22-9-18-20-21-22/h2-8H,9H2,1H3,(H,18,21)(H,19,24,27). The Morgan fingerprint density at radius 2 is 1.89 bits per heavy atom. The van der Waals surface area contributed by atoms with Crippen LogP contribution >= 0.6 is 12.2 Å². The third kappa shape index (κ3) is 3.17. The highest BCUT2D eigenvalue weighted by atomic mass is 32.1. The summed E-state index contributed by atoms with van der Waals surface area (Å²) in [5, 5.41) is 11.8. The van der Waals surface area contributed by atoms with Crippen LogP contribution in [0, 0.1) is 6.92 Å². The molecule has 4 rings (SSSR count). The van der Waals surface area contributed by atoms with E-state index in [-0.39, 0.29) is 10.7 Å². The van der Waals surface area contributed by atoms with Crippen molar-refractivity contribution in [2.45, 2.75) is 6.92 Å². The highest BCUT2D eigenvalue weighted by molar-refractivity contribution is 7.80. The van der Waals surface area contributed by atoms with Gasteiger partial charge in [0.2, 0.25) is 0 Å². The lowest BCUT2D eigenvalue weighted by atomic mass is 10.1. The highest BCUT2D eigenvalue weighted by Gasteiger charge is 2.34. The van der Waals surface area contributed by atoms with Crippen LogP contribution < -0.4 is 20.8 Å². The van der Waals surface area contributed by atoms with Crippen LogP contribution in [0.3, 0.4) is 0 Å². The largest absolute Gasteiger partial charge is 0.462 e. The first-order valence-electron chi connectivity index (χ1n) is 8.00. The van der Waals surface area contributed by atoms with E-state index < -0.39 is 11.8 Å². The summed E-state index contributed by atoms with van der Waals surface area (Å²) in [6, 6.07) is 10.5. The van der Waals surface area contributed by atoms with Gasteiger partial charge < -0.3 is 4.42 Å². The van der Waals surface area contributed by atoms with Gasteiger partial charge in [-0.15, -0.1) is 5.11 Å². The average molecular weight is 382 g/mol. The molecular formula is C17H14N6O3S. The summed E-state index contributed by atoms with van der Waals surface area (Å²) in [4.78, 5) is 26.4. The number of anilines is 2. The molecule has 1 aromatic carbocycles. The molecule has 2 aliphatic rings. The van der Waals surface area contributed by atoms with Gasteiger partial charge in [-0.25, -0.2) is 5.01 Å². The van der Waals surface area contributed by atoms with Crippen molar-refractivity contribution in [3.05, 3.63) is 53.5 Å². The minimum atomic E-state index is -0.559. The molecule has 3 heterocycles. The Bertz CT molecular complexity index is 986. The fourth-order valence-electron chi connectivity index (χ4n) is 2.70. The van der Waals surface area contributed by atoms with Gasteiger partial charge in [-0.2, -0.15) is 5.53 Å². The molecule has 9 nitrogen and oxygen atoms in total. The van der Waals surface area contributed by atoms with Gasteiger partial charge >= 0.3 is 0 Å². The van der Waals surface area contributed by atoms with Crippen molar-refractivity contribution in [3.8, 4) is 0 Å². The van der Waals surface area contributed by atoms with Crippen LogP contribution in [0.5, 0.6) is 0 Å². The van der Waals surface area contributed by atoms with Gasteiger partial charge in [0.05, 0.1) is 11.4 Å². The van der Waals surface area contributed by atoms with E-state index in [4.69, 9.17) is 16.6 Å². The van der Waals surface area contributed by atoms with E-state index in [0.29, 0.717) is 23.9 Å². The van der Waals surface area contributed by atoms with Crippen LogP contribution in [-0.2, 0) is 9.59 Å². The first kappa shape index (κ1) is 16.9. The number of benzene rings is 1. The number of nitrogens with one attached hydrogen (secondary N) is 2. The number of carbonyl (C=O) groups is 2. The monoisotopic (exact) mass is 382 g/mol. The van der Waals surface area contributed by atoms with Crippen molar-refractivity contribution in [1.29, 1.82) is 0 Å². The van der Waals surface area contributed by atoms with Gasteiger partial charge in [-0.05, 0) is 61.6 Å². The van der Waals surface area contributed by atoms with E-state index in [1.807, 2.05) is 0 Å². The molecule has 2 aliphatic heterocycles. The Morgan fingerprint density at radius 3 is 2.52 bits per heavy atom. The lowest BCUT2D eigenvalue weighted by Gasteiger charge is -2.29. The zero-order chi connectivity index (χ0) is 19.0. The Morgan fingerprint density at radius 1 is 1.15 bits per heavy atom. The van der Waals surface area contributed by atoms with Gasteiger partial charge in [0.15, 0.2) is 11.8 Å². The fraction of sp³-hybridized carbons (Fsp3) is 0.118. The summed E-state index contributed by atoms with van der Waals surface area (Å²) in [6.45, 7) is 2.18. The number of hydrogen-bond acceptors (Lipinski definition) is 8. The third-order valence-electron chi connectivity index (χ3n) is 4.01. The predicted octanol–water partition coefficient (Wildman–Crippen LogP) is 2.07. The van der Waals surface area contributed by atoms with E-state index in [1.54, 1.807) is 48.3 Å². The normalized spacial score (nSPS) is 18.3. The summed E-state index contributed by atoms with van der Waals surface area (Å²) in [5.74, 6) is 0.0236. The number of amides is 2. The molecule has 0 spiro atoms. The molecule has 2 N–H and O–H groups in total. The molecule has 10 heteroatoms. The van der Waals surface area contributed by atoms with Crippen molar-refractivity contribution in [1.82, 2.24) is 10.9 Å². The Balaban J connectivity index is 1.63. The number of hydrazine groups is 1. The second-order valence-electron chi connectivity index (χ2n) is 5.83. The van der Waals surface area contributed by atoms with Crippen molar-refractivity contribution < 1.29 is 14.0 Å². The molecule has 1 fully saturated rings. The Kier molecular flexibility index (Phi) is 4.16. The van der Waals surface area contributed by atoms with Gasteiger partial charge in [0, 0.05) is 0 Å². The quantitative estimate of drug-likeness (QED) is 0.479. The number of carbonyl (C=O) groups excluding carboxylic acids is 2. The summed E-state index contributed by atoms with van der Waals surface area (Å²) in [6.07, 6.45) is 1.41. The molecule has 2 aromatic rings. The number of furan rings is 1. The smallest absolute Gasteiger partial charge is 0.270 e. The molecule has 0 bridgehead atoms. The maximum atomic E-state index is 12.9. The SMILES string of the molecule is Cc1ccc(C=C2C(=O)NC(=S)N(c3ccc(N4CN=NN4)cc3)C2=O)o1. The minimum absolute atomic E-state index is 0.0230. The molecule has 1 aromatic heterocycles.